The van der Waals surface area contributed by atoms with Gasteiger partial charge in [-0.05, 0) is 60.7 Å². The second-order valence-corrected chi connectivity index (χ2v) is 14.2. The minimum Gasteiger partial charge on any atom is -0.308 e. The molecule has 3 aromatic heterocycles. The molecule has 0 bridgehead atoms. The van der Waals surface area contributed by atoms with Gasteiger partial charge in [-0.25, -0.2) is 15.0 Å². The first-order valence-electron chi connectivity index (χ1n) is 18.6. The van der Waals surface area contributed by atoms with Gasteiger partial charge in [0.25, 0.3) is 0 Å². The van der Waals surface area contributed by atoms with Crippen LogP contribution in [0.15, 0.2) is 158 Å². The van der Waals surface area contributed by atoms with Crippen LogP contribution in [0.2, 0.25) is 0 Å². The molecule has 0 unspecified atom stereocenters. The molecular weight excluding hydrogens is 775 g/mol. The Morgan fingerprint density at radius 1 is 0.417 bits per heavy atom. The number of benzene rings is 7. The number of halogens is 6. The van der Waals surface area contributed by atoms with Crippen LogP contribution in [0.4, 0.5) is 26.3 Å². The summed E-state index contributed by atoms with van der Waals surface area (Å²) in [5, 5.41) is 12.4. The molecule has 60 heavy (non-hydrogen) atoms. The molecule has 0 saturated heterocycles. The summed E-state index contributed by atoms with van der Waals surface area (Å²) < 4.78 is 88.8. The van der Waals surface area contributed by atoms with E-state index in [0.717, 1.165) is 24.3 Å². The topological polar surface area (TPSA) is 72.3 Å². The zero-order chi connectivity index (χ0) is 41.3. The maximum atomic E-state index is 14.2. The average Bonchev–Trinajstić information content (AvgIpc) is 3.78. The van der Waals surface area contributed by atoms with Crippen molar-refractivity contribution in [1.82, 2.24) is 24.1 Å². The Bertz CT molecular complexity index is 3150. The van der Waals surface area contributed by atoms with Gasteiger partial charge < -0.3 is 9.13 Å². The van der Waals surface area contributed by atoms with Crippen molar-refractivity contribution < 1.29 is 26.3 Å². The van der Waals surface area contributed by atoms with Gasteiger partial charge in [0.2, 0.25) is 0 Å². The van der Waals surface area contributed by atoms with Crippen molar-refractivity contribution in [2.24, 2.45) is 0 Å². The quantitative estimate of drug-likeness (QED) is 0.163. The lowest BCUT2D eigenvalue weighted by atomic mass is 10.0. The van der Waals surface area contributed by atoms with Crippen molar-refractivity contribution in [1.29, 1.82) is 5.26 Å². The molecule has 0 saturated carbocycles. The summed E-state index contributed by atoms with van der Waals surface area (Å²) in [6.45, 7) is 0. The van der Waals surface area contributed by atoms with Gasteiger partial charge in [-0.2, -0.15) is 31.6 Å². The molecule has 10 aromatic rings. The number of nitrogens with zero attached hydrogens (tertiary/aromatic N) is 6. The molecule has 10 rings (SSSR count). The Balaban J connectivity index is 1.40. The van der Waals surface area contributed by atoms with Gasteiger partial charge >= 0.3 is 12.4 Å². The van der Waals surface area contributed by atoms with Crippen LogP contribution in [0.5, 0.6) is 0 Å². The molecule has 0 radical (unpaired) electrons. The first-order chi connectivity index (χ1) is 29.0. The summed E-state index contributed by atoms with van der Waals surface area (Å²) in [4.78, 5) is 15.0. The van der Waals surface area contributed by atoms with E-state index >= 15 is 0 Å². The summed E-state index contributed by atoms with van der Waals surface area (Å²) in [6, 6.07) is 45.1. The average molecular weight is 801 g/mol. The lowest BCUT2D eigenvalue weighted by Crippen LogP contribution is -2.09. The van der Waals surface area contributed by atoms with Gasteiger partial charge in [0, 0.05) is 32.7 Å². The maximum Gasteiger partial charge on any atom is 0.416 e. The summed E-state index contributed by atoms with van der Waals surface area (Å²) in [5.41, 5.74) is 2.76. The fourth-order valence-corrected chi connectivity index (χ4v) is 8.00. The third-order valence-electron chi connectivity index (χ3n) is 10.6. The van der Waals surface area contributed by atoms with Gasteiger partial charge in [-0.1, -0.05) is 97.1 Å². The Morgan fingerprint density at radius 2 is 0.800 bits per heavy atom. The SMILES string of the molecule is N#Cc1cc(-n2c3ccccc3c3cc(C(F)(F)F)ccc32)c(-c2nc(-c3ccccc3)nc(-c3ccccc3)n2)c(-n2c3ccccc3c3cc(C(F)(F)F)ccc32)c1. The van der Waals surface area contributed by atoms with Crippen LogP contribution in [0.25, 0.3) is 89.2 Å². The van der Waals surface area contributed by atoms with E-state index in [1.54, 1.807) is 69.8 Å². The first kappa shape index (κ1) is 36.6. The molecule has 7 aromatic carbocycles. The molecule has 0 aliphatic rings. The van der Waals surface area contributed by atoms with Crippen molar-refractivity contribution >= 4 is 43.6 Å². The third kappa shape index (κ3) is 6.02. The first-order valence-corrected chi connectivity index (χ1v) is 18.6. The van der Waals surface area contributed by atoms with Gasteiger partial charge in [-0.3, -0.25) is 0 Å². The zero-order valence-corrected chi connectivity index (χ0v) is 31.0. The lowest BCUT2D eigenvalue weighted by Gasteiger charge is -2.20. The van der Waals surface area contributed by atoms with Crippen LogP contribution < -0.4 is 0 Å². The van der Waals surface area contributed by atoms with Gasteiger partial charge in [0.15, 0.2) is 17.5 Å². The predicted octanol–water partition coefficient (Wildman–Crippen LogP) is 13.0. The van der Waals surface area contributed by atoms with E-state index in [-0.39, 0.29) is 11.4 Å². The Morgan fingerprint density at radius 3 is 1.22 bits per heavy atom. The molecule has 3 heterocycles. The normalized spacial score (nSPS) is 12.2. The van der Waals surface area contributed by atoms with Crippen molar-refractivity contribution in [3.63, 3.8) is 0 Å². The molecule has 0 atom stereocenters. The molecule has 12 heteroatoms. The molecule has 290 valence electrons. The highest BCUT2D eigenvalue weighted by Crippen LogP contribution is 2.44. The number of para-hydroxylation sites is 2. The number of fused-ring (bicyclic) bond motifs is 6. The fraction of sp³-hybridized carbons (Fsp3) is 0.0417. The smallest absolute Gasteiger partial charge is 0.308 e. The second kappa shape index (κ2) is 13.7. The Hall–Kier alpha value is -7.78. The minimum absolute atomic E-state index is 0.146. The largest absolute Gasteiger partial charge is 0.416 e. The molecule has 6 nitrogen and oxygen atoms in total. The minimum atomic E-state index is -4.62. The van der Waals surface area contributed by atoms with E-state index in [1.807, 2.05) is 60.7 Å². The van der Waals surface area contributed by atoms with E-state index in [2.05, 4.69) is 6.07 Å². The predicted molar refractivity (Wildman–Crippen MR) is 220 cm³/mol. The van der Waals surface area contributed by atoms with Gasteiger partial charge in [0.05, 0.1) is 61.8 Å². The highest BCUT2D eigenvalue weighted by Gasteiger charge is 2.33. The Labute approximate surface area is 336 Å². The van der Waals surface area contributed by atoms with Crippen LogP contribution in [0, 0.1) is 11.3 Å². The monoisotopic (exact) mass is 800 g/mol. The van der Waals surface area contributed by atoms with Crippen LogP contribution in [-0.4, -0.2) is 24.1 Å². The molecule has 0 fully saturated rings. The van der Waals surface area contributed by atoms with Crippen LogP contribution in [0.1, 0.15) is 16.7 Å². The second-order valence-electron chi connectivity index (χ2n) is 14.2. The van der Waals surface area contributed by atoms with Crippen molar-refractivity contribution in [3.05, 3.63) is 174 Å². The number of alkyl halides is 6. The standard InChI is InChI=1S/C48H26F6N6/c49-47(50,51)31-19-21-39-35(25-31)33-15-7-9-17-37(33)59(39)41-23-28(27-55)24-42(60-38-18-10-8-16-34(38)36-26-32(48(52,53)54)20-22-40(36)60)43(41)46-57-44(29-11-3-1-4-12-29)56-45(58-46)30-13-5-2-6-14-30/h1-26H. The summed E-state index contributed by atoms with van der Waals surface area (Å²) in [6.07, 6.45) is -9.24. The molecule has 0 aliphatic carbocycles. The highest BCUT2D eigenvalue weighted by molar-refractivity contribution is 6.12. The number of rotatable bonds is 5. The molecular formula is C48H26F6N6. The van der Waals surface area contributed by atoms with Crippen molar-refractivity contribution in [3.8, 4) is 51.6 Å². The molecule has 0 aliphatic heterocycles. The van der Waals surface area contributed by atoms with Crippen LogP contribution in [-0.2, 0) is 12.4 Å². The fourth-order valence-electron chi connectivity index (χ4n) is 8.00. The Kier molecular flexibility index (Phi) is 8.33. The van der Waals surface area contributed by atoms with Gasteiger partial charge in [-0.15, -0.1) is 0 Å². The lowest BCUT2D eigenvalue weighted by molar-refractivity contribution is -0.138. The van der Waals surface area contributed by atoms with Crippen molar-refractivity contribution in [2.75, 3.05) is 0 Å². The molecule has 0 N–H and O–H groups in total. The van der Waals surface area contributed by atoms with Crippen molar-refractivity contribution in [2.45, 2.75) is 12.4 Å². The van der Waals surface area contributed by atoms with E-state index in [4.69, 9.17) is 15.0 Å². The van der Waals surface area contributed by atoms with E-state index in [0.29, 0.717) is 83.3 Å². The number of nitriles is 1. The van der Waals surface area contributed by atoms with E-state index < -0.39 is 23.5 Å². The van der Waals surface area contributed by atoms with Gasteiger partial charge in [0.1, 0.15) is 0 Å². The zero-order valence-electron chi connectivity index (χ0n) is 31.0. The highest BCUT2D eigenvalue weighted by atomic mass is 19.4. The maximum absolute atomic E-state index is 14.2. The van der Waals surface area contributed by atoms with E-state index in [9.17, 15) is 31.6 Å². The van der Waals surface area contributed by atoms with Crippen LogP contribution in [0.3, 0.4) is 0 Å². The summed E-state index contributed by atoms with van der Waals surface area (Å²) in [7, 11) is 0. The number of hydrogen-bond acceptors (Lipinski definition) is 4. The summed E-state index contributed by atoms with van der Waals surface area (Å²) in [5.74, 6) is 0.775. The third-order valence-corrected chi connectivity index (χ3v) is 10.6. The number of hydrogen-bond donors (Lipinski definition) is 0. The number of aromatic nitrogens is 5. The summed E-state index contributed by atoms with van der Waals surface area (Å²) >= 11 is 0. The molecule has 0 spiro atoms. The molecule has 0 amide bonds. The van der Waals surface area contributed by atoms with E-state index in [1.165, 1.54) is 12.1 Å². The van der Waals surface area contributed by atoms with Crippen LogP contribution >= 0.6 is 0 Å².